The number of benzene rings is 2. The lowest BCUT2D eigenvalue weighted by molar-refractivity contribution is -0.140. The smallest absolute Gasteiger partial charge is 0.262 e. The first-order chi connectivity index (χ1) is 16.9. The molecule has 5 rings (SSSR count). The summed E-state index contributed by atoms with van der Waals surface area (Å²) in [6.45, 7) is -0.382. The van der Waals surface area contributed by atoms with Crippen LogP contribution in [0.5, 0.6) is 11.5 Å². The lowest BCUT2D eigenvalue weighted by atomic mass is 9.85. The maximum Gasteiger partial charge on any atom is 0.262 e. The summed E-state index contributed by atoms with van der Waals surface area (Å²) < 4.78 is 25.2. The van der Waals surface area contributed by atoms with Gasteiger partial charge in [0.2, 0.25) is 0 Å². The van der Waals surface area contributed by atoms with Crippen molar-refractivity contribution in [1.82, 2.24) is 5.01 Å². The Morgan fingerprint density at radius 3 is 2.54 bits per heavy atom. The van der Waals surface area contributed by atoms with Gasteiger partial charge in [0, 0.05) is 0 Å². The molecule has 2 bridgehead atoms. The Kier molecular flexibility index (Phi) is 6.14. The fraction of sp³-hybridized carbons (Fsp3) is 0.280. The van der Waals surface area contributed by atoms with Gasteiger partial charge in [0.25, 0.3) is 17.7 Å². The van der Waals surface area contributed by atoms with E-state index >= 15 is 0 Å². The average Bonchev–Trinajstić information content (AvgIpc) is 3.52. The van der Waals surface area contributed by atoms with Crippen LogP contribution in [0, 0.1) is 29.5 Å². The number of imide groups is 1. The molecule has 2 aromatic carbocycles. The molecule has 1 saturated carbocycles. The molecule has 4 atom stereocenters. The van der Waals surface area contributed by atoms with Crippen molar-refractivity contribution in [2.24, 2.45) is 28.8 Å². The summed E-state index contributed by atoms with van der Waals surface area (Å²) in [6, 6.07) is 9.09. The lowest BCUT2D eigenvalue weighted by Crippen LogP contribution is -2.28. The van der Waals surface area contributed by atoms with Crippen molar-refractivity contribution in [3.8, 4) is 11.5 Å². The van der Waals surface area contributed by atoms with Crippen molar-refractivity contribution >= 4 is 45.6 Å². The van der Waals surface area contributed by atoms with Crippen LogP contribution in [0.2, 0.25) is 0 Å². The summed E-state index contributed by atoms with van der Waals surface area (Å²) in [7, 11) is 1.44. The van der Waals surface area contributed by atoms with Crippen LogP contribution in [0.4, 0.5) is 10.1 Å². The number of ether oxygens (including phenoxy) is 2. The van der Waals surface area contributed by atoms with Gasteiger partial charge in [0.1, 0.15) is 5.82 Å². The topological polar surface area (TPSA) is 97.3 Å². The van der Waals surface area contributed by atoms with Gasteiger partial charge >= 0.3 is 0 Å². The summed E-state index contributed by atoms with van der Waals surface area (Å²) in [5.74, 6) is -1.47. The maximum absolute atomic E-state index is 13.7. The zero-order chi connectivity index (χ0) is 24.7. The molecule has 0 aromatic heterocycles. The molecule has 1 saturated heterocycles. The van der Waals surface area contributed by atoms with Crippen LogP contribution in [0.15, 0.2) is 58.1 Å². The highest BCUT2D eigenvalue weighted by Gasteiger charge is 2.59. The number of nitrogens with one attached hydrogen (secondary N) is 1. The first kappa shape index (κ1) is 23.2. The van der Waals surface area contributed by atoms with Gasteiger partial charge in [0.15, 0.2) is 18.1 Å². The highest BCUT2D eigenvalue weighted by molar-refractivity contribution is 9.10. The molecular weight excluding hydrogens is 521 g/mol. The van der Waals surface area contributed by atoms with E-state index in [1.165, 1.54) is 31.5 Å². The number of carbonyl (C=O) groups excluding carboxylic acids is 3. The predicted octanol–water partition coefficient (Wildman–Crippen LogP) is 3.76. The van der Waals surface area contributed by atoms with Crippen LogP contribution >= 0.6 is 15.9 Å². The van der Waals surface area contributed by atoms with E-state index < -0.39 is 11.7 Å². The van der Waals surface area contributed by atoms with Crippen molar-refractivity contribution in [2.45, 2.75) is 6.42 Å². The van der Waals surface area contributed by atoms with Crippen molar-refractivity contribution in [1.29, 1.82) is 0 Å². The van der Waals surface area contributed by atoms with E-state index in [2.05, 4.69) is 26.3 Å². The Bertz CT molecular complexity index is 1250. The number of nitrogens with zero attached hydrogens (tertiary/aromatic N) is 2. The summed E-state index contributed by atoms with van der Waals surface area (Å²) in [5, 5.41) is 7.59. The minimum absolute atomic E-state index is 0.0534. The standard InChI is InChI=1S/C25H21BrFN3O5/c1-34-19-9-13(11-28-30-24(32)21-14-6-7-15(10-14)22(21)25(30)33)8-16(26)23(19)35-12-20(31)29-18-5-3-2-4-17(18)27/h2-9,11,14-15,21-22H,10,12H2,1H3,(H,29,31)/t14-,15-,21-,22+/m0/s1. The van der Waals surface area contributed by atoms with E-state index in [1.807, 2.05) is 12.2 Å². The third-order valence-corrected chi connectivity index (χ3v) is 7.11. The zero-order valence-electron chi connectivity index (χ0n) is 18.6. The molecule has 0 radical (unpaired) electrons. The Morgan fingerprint density at radius 2 is 1.89 bits per heavy atom. The van der Waals surface area contributed by atoms with E-state index in [9.17, 15) is 18.8 Å². The number of allylic oxidation sites excluding steroid dienone is 2. The van der Waals surface area contributed by atoms with Gasteiger partial charge in [0.05, 0.1) is 35.3 Å². The minimum Gasteiger partial charge on any atom is -0.493 e. The molecule has 3 aliphatic rings. The second kappa shape index (κ2) is 9.26. The first-order valence-corrected chi connectivity index (χ1v) is 11.8. The third kappa shape index (κ3) is 4.22. The number of hydrogen-bond donors (Lipinski definition) is 1. The molecule has 1 aliphatic heterocycles. The summed E-state index contributed by atoms with van der Waals surface area (Å²) in [6.07, 6.45) is 6.32. The molecule has 10 heteroatoms. The maximum atomic E-state index is 13.7. The van der Waals surface area contributed by atoms with Crippen LogP contribution in [0.25, 0.3) is 0 Å². The molecule has 180 valence electrons. The van der Waals surface area contributed by atoms with E-state index in [-0.39, 0.29) is 53.5 Å². The van der Waals surface area contributed by atoms with Crippen molar-refractivity contribution in [2.75, 3.05) is 19.0 Å². The highest BCUT2D eigenvalue weighted by atomic mass is 79.9. The van der Waals surface area contributed by atoms with Crippen LogP contribution in [0.1, 0.15) is 12.0 Å². The molecule has 0 spiro atoms. The molecule has 2 fully saturated rings. The number of methoxy groups -OCH3 is 1. The Labute approximate surface area is 208 Å². The molecule has 3 amide bonds. The van der Waals surface area contributed by atoms with Gasteiger partial charge in [-0.05, 0) is 64.0 Å². The number of carbonyl (C=O) groups is 3. The number of rotatable bonds is 7. The molecule has 2 aliphatic carbocycles. The SMILES string of the molecule is COc1cc(C=NN2C(=O)[C@@H]3[C@H](C2=O)[C@H]2C=C[C@H]3C2)cc(Br)c1OCC(=O)Nc1ccccc1F. The average molecular weight is 542 g/mol. The quantitative estimate of drug-likeness (QED) is 0.327. The number of para-hydroxylation sites is 1. The monoisotopic (exact) mass is 541 g/mol. The van der Waals surface area contributed by atoms with Crippen molar-refractivity contribution in [3.63, 3.8) is 0 Å². The minimum atomic E-state index is -0.550. The summed E-state index contributed by atoms with van der Waals surface area (Å²) in [5.41, 5.74) is 0.605. The van der Waals surface area contributed by atoms with Crippen LogP contribution in [-0.2, 0) is 14.4 Å². The molecular formula is C25H21BrFN3O5. The first-order valence-electron chi connectivity index (χ1n) is 11.0. The predicted molar refractivity (Wildman–Crippen MR) is 128 cm³/mol. The second-order valence-corrected chi connectivity index (χ2v) is 9.44. The third-order valence-electron chi connectivity index (χ3n) is 6.52. The van der Waals surface area contributed by atoms with Crippen LogP contribution in [-0.4, -0.2) is 42.7 Å². The fourth-order valence-corrected chi connectivity index (χ4v) is 5.54. The number of hydrazone groups is 1. The lowest BCUT2D eigenvalue weighted by Gasteiger charge is -2.14. The Hall–Kier alpha value is -3.53. The number of fused-ring (bicyclic) bond motifs is 5. The van der Waals surface area contributed by atoms with Crippen LogP contribution < -0.4 is 14.8 Å². The Morgan fingerprint density at radius 1 is 1.20 bits per heavy atom. The highest BCUT2D eigenvalue weighted by Crippen LogP contribution is 2.52. The molecule has 1 heterocycles. The van der Waals surface area contributed by atoms with Gasteiger partial charge in [-0.25, -0.2) is 4.39 Å². The fourth-order valence-electron chi connectivity index (χ4n) is 4.97. The molecule has 2 aromatic rings. The van der Waals surface area contributed by atoms with Gasteiger partial charge < -0.3 is 14.8 Å². The number of anilines is 1. The van der Waals surface area contributed by atoms with Gasteiger partial charge in [-0.3, -0.25) is 14.4 Å². The molecule has 35 heavy (non-hydrogen) atoms. The van der Waals surface area contributed by atoms with E-state index in [4.69, 9.17) is 9.47 Å². The van der Waals surface area contributed by atoms with E-state index in [0.29, 0.717) is 15.8 Å². The van der Waals surface area contributed by atoms with Crippen molar-refractivity contribution < 1.29 is 28.2 Å². The number of amides is 3. The molecule has 0 unspecified atom stereocenters. The summed E-state index contributed by atoms with van der Waals surface area (Å²) in [4.78, 5) is 37.8. The number of hydrogen-bond acceptors (Lipinski definition) is 6. The number of halogens is 2. The zero-order valence-corrected chi connectivity index (χ0v) is 20.2. The molecule has 8 nitrogen and oxygen atoms in total. The van der Waals surface area contributed by atoms with Crippen LogP contribution in [0.3, 0.4) is 0 Å². The van der Waals surface area contributed by atoms with E-state index in [0.717, 1.165) is 11.4 Å². The Balaban J connectivity index is 1.27. The normalized spacial score (nSPS) is 24.4. The molecule has 1 N–H and O–H groups in total. The van der Waals surface area contributed by atoms with Crippen molar-refractivity contribution in [3.05, 3.63) is 64.4 Å². The van der Waals surface area contributed by atoms with Gasteiger partial charge in [-0.15, -0.1) is 0 Å². The summed E-state index contributed by atoms with van der Waals surface area (Å²) >= 11 is 3.39. The van der Waals surface area contributed by atoms with E-state index in [1.54, 1.807) is 18.2 Å². The largest absolute Gasteiger partial charge is 0.493 e. The van der Waals surface area contributed by atoms with Gasteiger partial charge in [-0.2, -0.15) is 10.1 Å². The van der Waals surface area contributed by atoms with Gasteiger partial charge in [-0.1, -0.05) is 24.3 Å². The second-order valence-electron chi connectivity index (χ2n) is 8.58.